The molecule has 1 saturated heterocycles. The van der Waals surface area contributed by atoms with Crippen LogP contribution in [-0.4, -0.2) is 61.7 Å². The molecule has 2 aromatic heterocycles. The Morgan fingerprint density at radius 2 is 1.78 bits per heavy atom. The first-order chi connectivity index (χ1) is 15.3. The summed E-state index contributed by atoms with van der Waals surface area (Å²) in [5.41, 5.74) is 3.07. The first-order valence-corrected chi connectivity index (χ1v) is 11.3. The lowest BCUT2D eigenvalue weighted by Crippen LogP contribution is -2.50. The Hall–Kier alpha value is -3.07. The van der Waals surface area contributed by atoms with Crippen LogP contribution < -0.4 is 4.90 Å². The quantitative estimate of drug-likeness (QED) is 0.598. The van der Waals surface area contributed by atoms with Gasteiger partial charge in [-0.3, -0.25) is 14.5 Å². The normalized spacial score (nSPS) is 14.3. The maximum Gasteiger partial charge on any atom is 0.242 e. The lowest BCUT2D eigenvalue weighted by atomic mass is 10.1. The van der Waals surface area contributed by atoms with Crippen molar-refractivity contribution in [1.82, 2.24) is 29.6 Å². The number of hydrogen-bond donors (Lipinski definition) is 1. The van der Waals surface area contributed by atoms with Crippen LogP contribution in [0.2, 0.25) is 0 Å². The summed E-state index contributed by atoms with van der Waals surface area (Å²) in [4.78, 5) is 26.5. The van der Waals surface area contributed by atoms with E-state index in [1.54, 1.807) is 4.57 Å². The fraction of sp³-hybridized carbons (Fsp3) is 0.435. The number of aryl methyl sites for hydroxylation is 2. The van der Waals surface area contributed by atoms with Crippen LogP contribution in [0.1, 0.15) is 36.8 Å². The molecule has 0 unspecified atom stereocenters. The Morgan fingerprint density at radius 1 is 1.09 bits per heavy atom. The van der Waals surface area contributed by atoms with Gasteiger partial charge in [0.15, 0.2) is 10.6 Å². The van der Waals surface area contributed by atoms with Crippen LogP contribution in [0.25, 0.3) is 11.4 Å². The molecule has 1 aliphatic heterocycles. The molecule has 1 N–H and O–H groups in total. The summed E-state index contributed by atoms with van der Waals surface area (Å²) < 4.78 is 2.22. The Morgan fingerprint density at radius 3 is 2.44 bits per heavy atom. The number of carbonyl (C=O) groups excluding carboxylic acids is 1. The molecule has 0 saturated carbocycles. The van der Waals surface area contributed by atoms with Crippen LogP contribution in [0.15, 0.2) is 30.3 Å². The average Bonchev–Trinajstić information content (AvgIpc) is 3.14. The van der Waals surface area contributed by atoms with E-state index in [0.29, 0.717) is 23.7 Å². The second-order valence-electron chi connectivity index (χ2n) is 8.55. The molecule has 3 aromatic rings. The van der Waals surface area contributed by atoms with Gasteiger partial charge in [0.05, 0.1) is 0 Å². The summed E-state index contributed by atoms with van der Waals surface area (Å²) in [7, 11) is 0. The fourth-order valence-electron chi connectivity index (χ4n) is 3.80. The van der Waals surface area contributed by atoms with Gasteiger partial charge in [0.1, 0.15) is 18.2 Å². The van der Waals surface area contributed by atoms with Crippen molar-refractivity contribution in [3.05, 3.63) is 52.2 Å². The fourth-order valence-corrected chi connectivity index (χ4v) is 4.00. The van der Waals surface area contributed by atoms with E-state index in [-0.39, 0.29) is 18.4 Å². The van der Waals surface area contributed by atoms with Crippen LogP contribution >= 0.6 is 12.2 Å². The van der Waals surface area contributed by atoms with Crippen LogP contribution in [-0.2, 0) is 11.3 Å². The molecular formula is C23H29N7OS. The van der Waals surface area contributed by atoms with Crippen LogP contribution in [0.5, 0.6) is 0 Å². The van der Waals surface area contributed by atoms with Crippen molar-refractivity contribution >= 4 is 23.9 Å². The summed E-state index contributed by atoms with van der Waals surface area (Å²) in [5, 5.41) is 7.18. The Balaban J connectivity index is 1.44. The number of amides is 1. The molecule has 9 heteroatoms. The third-order valence-corrected chi connectivity index (χ3v) is 6.00. The van der Waals surface area contributed by atoms with E-state index in [1.165, 1.54) is 5.56 Å². The average molecular weight is 452 g/mol. The van der Waals surface area contributed by atoms with Gasteiger partial charge in [0.2, 0.25) is 5.91 Å². The van der Waals surface area contributed by atoms with E-state index in [0.717, 1.165) is 36.0 Å². The Labute approximate surface area is 193 Å². The highest BCUT2D eigenvalue weighted by Gasteiger charge is 2.24. The molecule has 0 radical (unpaired) electrons. The van der Waals surface area contributed by atoms with E-state index >= 15 is 0 Å². The predicted octanol–water partition coefficient (Wildman–Crippen LogP) is 3.49. The molecule has 32 heavy (non-hydrogen) atoms. The van der Waals surface area contributed by atoms with Gasteiger partial charge >= 0.3 is 0 Å². The minimum absolute atomic E-state index is 0.0391. The maximum absolute atomic E-state index is 13.1. The van der Waals surface area contributed by atoms with Gasteiger partial charge in [-0.1, -0.05) is 43.7 Å². The number of benzene rings is 1. The van der Waals surface area contributed by atoms with Gasteiger partial charge in [-0.15, -0.1) is 0 Å². The number of aromatic amines is 1. The van der Waals surface area contributed by atoms with Gasteiger partial charge in [-0.25, -0.2) is 9.97 Å². The molecule has 0 atom stereocenters. The Kier molecular flexibility index (Phi) is 6.36. The number of nitrogens with one attached hydrogen (secondary N) is 1. The topological polar surface area (TPSA) is 82.9 Å². The first kappa shape index (κ1) is 22.1. The molecule has 1 aromatic carbocycles. The van der Waals surface area contributed by atoms with E-state index in [9.17, 15) is 4.79 Å². The number of hydrogen-bond acceptors (Lipinski definition) is 6. The summed E-state index contributed by atoms with van der Waals surface area (Å²) in [5.74, 6) is 2.79. The zero-order chi connectivity index (χ0) is 22.8. The lowest BCUT2D eigenvalue weighted by Gasteiger charge is -2.35. The molecule has 4 rings (SSSR count). The number of carbonyl (C=O) groups is 1. The van der Waals surface area contributed by atoms with Crippen molar-refractivity contribution in [3.8, 4) is 11.4 Å². The molecule has 168 valence electrons. The van der Waals surface area contributed by atoms with Crippen molar-refractivity contribution < 1.29 is 4.79 Å². The molecule has 0 spiro atoms. The molecular weight excluding hydrogens is 422 g/mol. The highest BCUT2D eigenvalue weighted by Crippen LogP contribution is 2.20. The molecule has 1 fully saturated rings. The SMILES string of the molecule is Cc1ccc(-c2n[nH]c(=S)n2CC(=O)N2CCN(c3cc(C)nc(C(C)C)n3)CC2)cc1. The summed E-state index contributed by atoms with van der Waals surface area (Å²) >= 11 is 5.40. The number of rotatable bonds is 5. The lowest BCUT2D eigenvalue weighted by molar-refractivity contribution is -0.132. The van der Waals surface area contributed by atoms with Crippen LogP contribution in [0.3, 0.4) is 0 Å². The molecule has 1 amide bonds. The smallest absolute Gasteiger partial charge is 0.242 e. The zero-order valence-electron chi connectivity index (χ0n) is 19.0. The van der Waals surface area contributed by atoms with Crippen molar-refractivity contribution in [2.24, 2.45) is 0 Å². The number of H-pyrrole nitrogens is 1. The van der Waals surface area contributed by atoms with E-state index in [4.69, 9.17) is 17.2 Å². The Bertz CT molecular complexity index is 1160. The molecule has 8 nitrogen and oxygen atoms in total. The summed E-state index contributed by atoms with van der Waals surface area (Å²) in [6, 6.07) is 10.1. The van der Waals surface area contributed by atoms with Gasteiger partial charge in [0, 0.05) is 49.4 Å². The van der Waals surface area contributed by atoms with Gasteiger partial charge in [-0.05, 0) is 26.1 Å². The van der Waals surface area contributed by atoms with E-state index in [1.807, 2.05) is 49.1 Å². The molecule has 1 aliphatic rings. The van der Waals surface area contributed by atoms with Crippen molar-refractivity contribution in [1.29, 1.82) is 0 Å². The minimum Gasteiger partial charge on any atom is -0.353 e. The number of nitrogens with zero attached hydrogens (tertiary/aromatic N) is 6. The second kappa shape index (κ2) is 9.20. The standard InChI is InChI=1S/C23H29N7OS/c1-15(2)21-24-17(4)13-19(25-21)28-9-11-29(12-10-28)20(31)14-30-22(26-27-23(30)32)18-7-5-16(3)6-8-18/h5-8,13,15H,9-12,14H2,1-4H3,(H,27,32). The molecule has 0 bridgehead atoms. The number of anilines is 1. The largest absolute Gasteiger partial charge is 0.353 e. The van der Waals surface area contributed by atoms with Crippen LogP contribution in [0, 0.1) is 18.6 Å². The highest BCUT2D eigenvalue weighted by atomic mass is 32.1. The van der Waals surface area contributed by atoms with Gasteiger partial charge in [0.25, 0.3) is 0 Å². The molecule has 0 aliphatic carbocycles. The zero-order valence-corrected chi connectivity index (χ0v) is 19.8. The minimum atomic E-state index is 0.0391. The third kappa shape index (κ3) is 4.72. The monoisotopic (exact) mass is 451 g/mol. The second-order valence-corrected chi connectivity index (χ2v) is 8.94. The van der Waals surface area contributed by atoms with Crippen molar-refractivity contribution in [3.63, 3.8) is 0 Å². The maximum atomic E-state index is 13.1. The van der Waals surface area contributed by atoms with Gasteiger partial charge in [-0.2, -0.15) is 5.10 Å². The summed E-state index contributed by atoms with van der Waals surface area (Å²) in [6.07, 6.45) is 0. The predicted molar refractivity (Wildman–Crippen MR) is 127 cm³/mol. The first-order valence-electron chi connectivity index (χ1n) is 10.9. The number of piperazine rings is 1. The van der Waals surface area contributed by atoms with E-state index in [2.05, 4.69) is 33.9 Å². The van der Waals surface area contributed by atoms with Crippen molar-refractivity contribution in [2.75, 3.05) is 31.1 Å². The molecule has 3 heterocycles. The highest BCUT2D eigenvalue weighted by molar-refractivity contribution is 7.71. The van der Waals surface area contributed by atoms with Gasteiger partial charge < -0.3 is 9.80 Å². The summed E-state index contributed by atoms with van der Waals surface area (Å²) in [6.45, 7) is 11.2. The van der Waals surface area contributed by atoms with Crippen LogP contribution in [0.4, 0.5) is 5.82 Å². The number of aromatic nitrogens is 5. The third-order valence-electron chi connectivity index (χ3n) is 5.69. The van der Waals surface area contributed by atoms with E-state index < -0.39 is 0 Å². The van der Waals surface area contributed by atoms with Crippen molar-refractivity contribution in [2.45, 2.75) is 40.2 Å².